The third kappa shape index (κ3) is 3.36. The molecule has 0 saturated carbocycles. The van der Waals surface area contributed by atoms with Gasteiger partial charge in [0.2, 0.25) is 0 Å². The zero-order valence-corrected chi connectivity index (χ0v) is 12.1. The van der Waals surface area contributed by atoms with Crippen molar-refractivity contribution in [3.63, 3.8) is 0 Å². The number of carbonyl (C=O) groups excluding carboxylic acids is 3. The Labute approximate surface area is 123 Å². The lowest BCUT2D eigenvalue weighted by Gasteiger charge is -2.21. The molecular formula is C16H19NO4. The van der Waals surface area contributed by atoms with Gasteiger partial charge in [-0.25, -0.2) is 0 Å². The van der Waals surface area contributed by atoms with Crippen molar-refractivity contribution in [2.24, 2.45) is 0 Å². The maximum Gasteiger partial charge on any atom is 0.261 e. The van der Waals surface area contributed by atoms with E-state index < -0.39 is 6.10 Å². The van der Waals surface area contributed by atoms with E-state index in [4.69, 9.17) is 4.74 Å². The molecule has 21 heavy (non-hydrogen) atoms. The zero-order chi connectivity index (χ0) is 15.2. The summed E-state index contributed by atoms with van der Waals surface area (Å²) < 4.78 is 5.60. The number of hydrogen-bond donors (Lipinski definition) is 0. The van der Waals surface area contributed by atoms with Crippen molar-refractivity contribution in [1.82, 2.24) is 4.90 Å². The van der Waals surface area contributed by atoms with Crippen molar-refractivity contribution >= 4 is 18.1 Å². The van der Waals surface area contributed by atoms with Gasteiger partial charge in [-0.15, -0.1) is 0 Å². The lowest BCUT2D eigenvalue weighted by Crippen LogP contribution is -2.38. The summed E-state index contributed by atoms with van der Waals surface area (Å²) in [5.41, 5.74) is 0.835. The molecule has 2 amide bonds. The van der Waals surface area contributed by atoms with E-state index in [9.17, 15) is 14.4 Å². The fraction of sp³-hybridized carbons (Fsp3) is 0.438. The molecule has 0 aliphatic carbocycles. The van der Waals surface area contributed by atoms with Crippen LogP contribution in [0.15, 0.2) is 24.3 Å². The summed E-state index contributed by atoms with van der Waals surface area (Å²) in [7, 11) is 0. The van der Waals surface area contributed by atoms with Crippen LogP contribution in [0.5, 0.6) is 0 Å². The monoisotopic (exact) mass is 289 g/mol. The Morgan fingerprint density at radius 3 is 2.33 bits per heavy atom. The second-order valence-corrected chi connectivity index (χ2v) is 5.02. The van der Waals surface area contributed by atoms with Gasteiger partial charge in [-0.1, -0.05) is 25.5 Å². The highest BCUT2D eigenvalue weighted by Gasteiger charge is 2.36. The predicted octanol–water partition coefficient (Wildman–Crippen LogP) is 2.06. The van der Waals surface area contributed by atoms with Crippen LogP contribution in [0.3, 0.4) is 0 Å². The number of aldehydes is 1. The summed E-state index contributed by atoms with van der Waals surface area (Å²) in [4.78, 5) is 36.4. The van der Waals surface area contributed by atoms with E-state index >= 15 is 0 Å². The van der Waals surface area contributed by atoms with Crippen molar-refractivity contribution in [1.29, 1.82) is 0 Å². The highest BCUT2D eigenvalue weighted by atomic mass is 16.5. The molecule has 0 saturated heterocycles. The molecule has 0 spiro atoms. The Morgan fingerprint density at radius 2 is 1.81 bits per heavy atom. The molecule has 0 bridgehead atoms. The van der Waals surface area contributed by atoms with Crippen molar-refractivity contribution in [2.45, 2.75) is 32.3 Å². The van der Waals surface area contributed by atoms with E-state index in [2.05, 4.69) is 0 Å². The molecule has 1 atom stereocenters. The fourth-order valence-corrected chi connectivity index (χ4v) is 2.31. The number of carbonyl (C=O) groups is 3. The molecule has 2 rings (SSSR count). The molecular weight excluding hydrogens is 270 g/mol. The van der Waals surface area contributed by atoms with Gasteiger partial charge in [0, 0.05) is 13.0 Å². The summed E-state index contributed by atoms with van der Waals surface area (Å²) in [5.74, 6) is -0.629. The van der Waals surface area contributed by atoms with Gasteiger partial charge in [-0.05, 0) is 18.6 Å². The number of ether oxygens (including phenoxy) is 1. The van der Waals surface area contributed by atoms with Crippen LogP contribution in [-0.4, -0.2) is 42.3 Å². The van der Waals surface area contributed by atoms with Gasteiger partial charge in [0.15, 0.2) is 0 Å². The molecule has 112 valence electrons. The number of hydrogen-bond acceptors (Lipinski definition) is 4. The van der Waals surface area contributed by atoms with E-state index in [1.54, 1.807) is 24.3 Å². The maximum absolute atomic E-state index is 12.2. The molecule has 1 aromatic rings. The van der Waals surface area contributed by atoms with Gasteiger partial charge in [0.1, 0.15) is 6.29 Å². The van der Waals surface area contributed by atoms with Crippen LogP contribution < -0.4 is 0 Å². The normalized spacial score (nSPS) is 15.2. The van der Waals surface area contributed by atoms with Crippen LogP contribution in [0.2, 0.25) is 0 Å². The van der Waals surface area contributed by atoms with Gasteiger partial charge in [0.05, 0.1) is 23.8 Å². The molecule has 5 heteroatoms. The highest BCUT2D eigenvalue weighted by Crippen LogP contribution is 2.23. The van der Waals surface area contributed by atoms with Crippen LogP contribution in [0, 0.1) is 0 Å². The minimum Gasteiger partial charge on any atom is -0.376 e. The molecule has 0 fully saturated rings. The summed E-state index contributed by atoms with van der Waals surface area (Å²) in [6.07, 6.45) is 2.38. The number of unbranched alkanes of at least 4 members (excludes halogenated alkanes) is 1. The fourth-order valence-electron chi connectivity index (χ4n) is 2.31. The average molecular weight is 289 g/mol. The number of amides is 2. The summed E-state index contributed by atoms with van der Waals surface area (Å²) in [6, 6.07) is 6.74. The lowest BCUT2D eigenvalue weighted by molar-refractivity contribution is -0.110. The number of nitrogens with zero attached hydrogens (tertiary/aromatic N) is 1. The predicted molar refractivity (Wildman–Crippen MR) is 77.1 cm³/mol. The number of imide groups is 1. The Kier molecular flexibility index (Phi) is 5.22. The number of benzene rings is 1. The smallest absolute Gasteiger partial charge is 0.261 e. The number of rotatable bonds is 8. The molecule has 5 nitrogen and oxygen atoms in total. The summed E-state index contributed by atoms with van der Waals surface area (Å²) in [5, 5.41) is 0. The van der Waals surface area contributed by atoms with Gasteiger partial charge in [-0.3, -0.25) is 14.5 Å². The van der Waals surface area contributed by atoms with Gasteiger partial charge in [-0.2, -0.15) is 0 Å². The first-order chi connectivity index (χ1) is 10.2. The SMILES string of the molecule is CCCCOC(CC=O)CN1C(=O)c2ccccc2C1=O. The van der Waals surface area contributed by atoms with Crippen molar-refractivity contribution in [3.05, 3.63) is 35.4 Å². The lowest BCUT2D eigenvalue weighted by atomic mass is 10.1. The third-order valence-electron chi connectivity index (χ3n) is 3.47. The third-order valence-corrected chi connectivity index (χ3v) is 3.47. The second kappa shape index (κ2) is 7.13. The van der Waals surface area contributed by atoms with Crippen molar-refractivity contribution < 1.29 is 19.1 Å². The Bertz CT molecular complexity index is 506. The van der Waals surface area contributed by atoms with Crippen LogP contribution in [0.1, 0.15) is 46.9 Å². The van der Waals surface area contributed by atoms with Crippen LogP contribution in [-0.2, 0) is 9.53 Å². The Balaban J connectivity index is 2.06. The topological polar surface area (TPSA) is 63.7 Å². The van der Waals surface area contributed by atoms with Gasteiger partial charge in [0.25, 0.3) is 11.8 Å². The zero-order valence-electron chi connectivity index (χ0n) is 12.1. The minimum absolute atomic E-state index is 0.120. The Morgan fingerprint density at radius 1 is 1.19 bits per heavy atom. The van der Waals surface area contributed by atoms with Crippen molar-refractivity contribution in [2.75, 3.05) is 13.2 Å². The Hall–Kier alpha value is -2.01. The summed E-state index contributed by atoms with van der Waals surface area (Å²) >= 11 is 0. The molecule has 1 unspecified atom stereocenters. The van der Waals surface area contributed by atoms with Crippen LogP contribution in [0.25, 0.3) is 0 Å². The molecule has 1 aliphatic rings. The first kappa shape index (κ1) is 15.4. The van der Waals surface area contributed by atoms with E-state index in [-0.39, 0.29) is 24.8 Å². The maximum atomic E-state index is 12.2. The van der Waals surface area contributed by atoms with E-state index in [1.807, 2.05) is 6.92 Å². The molecule has 0 radical (unpaired) electrons. The van der Waals surface area contributed by atoms with E-state index in [0.29, 0.717) is 17.7 Å². The average Bonchev–Trinajstić information content (AvgIpc) is 2.73. The first-order valence-corrected chi connectivity index (χ1v) is 7.19. The number of fused-ring (bicyclic) bond motifs is 1. The van der Waals surface area contributed by atoms with Gasteiger partial charge >= 0.3 is 0 Å². The minimum atomic E-state index is -0.434. The first-order valence-electron chi connectivity index (χ1n) is 7.19. The quantitative estimate of drug-likeness (QED) is 0.417. The van der Waals surface area contributed by atoms with E-state index in [0.717, 1.165) is 19.1 Å². The van der Waals surface area contributed by atoms with Crippen LogP contribution in [0.4, 0.5) is 0 Å². The highest BCUT2D eigenvalue weighted by molar-refractivity contribution is 6.21. The summed E-state index contributed by atoms with van der Waals surface area (Å²) in [6.45, 7) is 2.69. The molecule has 0 N–H and O–H groups in total. The molecule has 1 aliphatic heterocycles. The second-order valence-electron chi connectivity index (χ2n) is 5.02. The van der Waals surface area contributed by atoms with Crippen LogP contribution >= 0.6 is 0 Å². The van der Waals surface area contributed by atoms with Crippen molar-refractivity contribution in [3.8, 4) is 0 Å². The standard InChI is InChI=1S/C16H19NO4/c1-2-3-10-21-12(8-9-18)11-17-15(19)13-6-4-5-7-14(13)16(17)20/h4-7,9,12H,2-3,8,10-11H2,1H3. The molecule has 1 heterocycles. The molecule has 0 aromatic heterocycles. The van der Waals surface area contributed by atoms with E-state index in [1.165, 1.54) is 4.90 Å². The largest absolute Gasteiger partial charge is 0.376 e. The molecule has 1 aromatic carbocycles. The van der Waals surface area contributed by atoms with Gasteiger partial charge < -0.3 is 9.53 Å².